The SMILES string of the molecule is CCC(C)C1CN(c2ccc(F)c(Br)c2)C(CC)CN1. The molecular weight excluding hydrogens is 319 g/mol. The van der Waals surface area contributed by atoms with Crippen molar-refractivity contribution in [2.75, 3.05) is 18.0 Å². The van der Waals surface area contributed by atoms with Crippen LogP contribution in [0.1, 0.15) is 33.6 Å². The number of benzene rings is 1. The van der Waals surface area contributed by atoms with Crippen molar-refractivity contribution >= 4 is 21.6 Å². The molecule has 1 aromatic rings. The molecule has 0 saturated carbocycles. The van der Waals surface area contributed by atoms with Crippen LogP contribution in [0.15, 0.2) is 22.7 Å². The summed E-state index contributed by atoms with van der Waals surface area (Å²) in [6, 6.07) is 6.32. The van der Waals surface area contributed by atoms with Crippen LogP contribution in [0.2, 0.25) is 0 Å². The Balaban J connectivity index is 2.22. The molecule has 20 heavy (non-hydrogen) atoms. The Bertz CT molecular complexity index is 452. The van der Waals surface area contributed by atoms with Crippen LogP contribution in [0.4, 0.5) is 10.1 Å². The van der Waals surface area contributed by atoms with E-state index in [4.69, 9.17) is 0 Å². The number of anilines is 1. The molecule has 1 N–H and O–H groups in total. The topological polar surface area (TPSA) is 15.3 Å². The van der Waals surface area contributed by atoms with Crippen molar-refractivity contribution in [3.63, 3.8) is 0 Å². The molecule has 0 radical (unpaired) electrons. The van der Waals surface area contributed by atoms with Crippen LogP contribution in [0.25, 0.3) is 0 Å². The highest BCUT2D eigenvalue weighted by atomic mass is 79.9. The molecule has 0 bridgehead atoms. The number of piperazine rings is 1. The third-order valence-corrected chi connectivity index (χ3v) is 5.09. The fraction of sp³-hybridized carbons (Fsp3) is 0.625. The minimum absolute atomic E-state index is 0.199. The molecule has 4 heteroatoms. The van der Waals surface area contributed by atoms with E-state index < -0.39 is 0 Å². The third kappa shape index (κ3) is 3.34. The van der Waals surface area contributed by atoms with Gasteiger partial charge in [-0.05, 0) is 46.5 Å². The zero-order valence-electron chi connectivity index (χ0n) is 12.5. The Morgan fingerprint density at radius 3 is 2.80 bits per heavy atom. The average Bonchev–Trinajstić information content (AvgIpc) is 2.48. The Morgan fingerprint density at radius 1 is 1.45 bits per heavy atom. The van der Waals surface area contributed by atoms with Crippen molar-refractivity contribution in [2.45, 2.75) is 45.7 Å². The molecule has 0 amide bonds. The summed E-state index contributed by atoms with van der Waals surface area (Å²) >= 11 is 3.29. The van der Waals surface area contributed by atoms with E-state index in [1.54, 1.807) is 6.07 Å². The second-order valence-electron chi connectivity index (χ2n) is 5.71. The first-order valence-electron chi connectivity index (χ1n) is 7.51. The van der Waals surface area contributed by atoms with Crippen molar-refractivity contribution in [3.8, 4) is 0 Å². The number of nitrogens with one attached hydrogen (secondary N) is 1. The first kappa shape index (κ1) is 15.8. The lowest BCUT2D eigenvalue weighted by molar-refractivity contribution is 0.306. The van der Waals surface area contributed by atoms with Crippen molar-refractivity contribution < 1.29 is 4.39 Å². The molecule has 2 nitrogen and oxygen atoms in total. The summed E-state index contributed by atoms with van der Waals surface area (Å²) in [7, 11) is 0. The van der Waals surface area contributed by atoms with Crippen molar-refractivity contribution in [1.82, 2.24) is 5.32 Å². The molecule has 0 spiro atoms. The van der Waals surface area contributed by atoms with E-state index in [0.717, 1.165) is 25.2 Å². The van der Waals surface area contributed by atoms with Crippen LogP contribution >= 0.6 is 15.9 Å². The maximum absolute atomic E-state index is 13.4. The van der Waals surface area contributed by atoms with Gasteiger partial charge in [0.1, 0.15) is 5.82 Å². The smallest absolute Gasteiger partial charge is 0.137 e. The number of hydrogen-bond acceptors (Lipinski definition) is 2. The van der Waals surface area contributed by atoms with E-state index in [2.05, 4.69) is 46.9 Å². The second-order valence-corrected chi connectivity index (χ2v) is 6.57. The van der Waals surface area contributed by atoms with Gasteiger partial charge in [0.25, 0.3) is 0 Å². The van der Waals surface area contributed by atoms with Gasteiger partial charge in [-0.1, -0.05) is 27.2 Å². The van der Waals surface area contributed by atoms with Crippen molar-refractivity contribution in [1.29, 1.82) is 0 Å². The third-order valence-electron chi connectivity index (χ3n) is 4.49. The van der Waals surface area contributed by atoms with Crippen molar-refractivity contribution in [2.24, 2.45) is 5.92 Å². The molecule has 1 aromatic carbocycles. The molecule has 3 atom stereocenters. The summed E-state index contributed by atoms with van der Waals surface area (Å²) in [5.41, 5.74) is 1.11. The van der Waals surface area contributed by atoms with Gasteiger partial charge in [-0.2, -0.15) is 0 Å². The van der Waals surface area contributed by atoms with Gasteiger partial charge in [-0.3, -0.25) is 0 Å². The second kappa shape index (κ2) is 6.90. The van der Waals surface area contributed by atoms with E-state index in [-0.39, 0.29) is 5.82 Å². The van der Waals surface area contributed by atoms with Crippen molar-refractivity contribution in [3.05, 3.63) is 28.5 Å². The predicted octanol–water partition coefficient (Wildman–Crippen LogP) is 4.19. The van der Waals surface area contributed by atoms with Gasteiger partial charge in [0, 0.05) is 30.9 Å². The molecule has 0 aromatic heterocycles. The lowest BCUT2D eigenvalue weighted by atomic mass is 9.94. The zero-order valence-corrected chi connectivity index (χ0v) is 14.1. The molecule has 1 heterocycles. The Kier molecular flexibility index (Phi) is 5.44. The highest BCUT2D eigenvalue weighted by molar-refractivity contribution is 9.10. The first-order valence-corrected chi connectivity index (χ1v) is 8.31. The van der Waals surface area contributed by atoms with Crippen LogP contribution in [-0.2, 0) is 0 Å². The summed E-state index contributed by atoms with van der Waals surface area (Å²) in [5, 5.41) is 3.67. The maximum Gasteiger partial charge on any atom is 0.137 e. The Hall–Kier alpha value is -0.610. The summed E-state index contributed by atoms with van der Waals surface area (Å²) < 4.78 is 14.0. The highest BCUT2D eigenvalue weighted by Crippen LogP contribution is 2.28. The van der Waals surface area contributed by atoms with E-state index in [9.17, 15) is 4.39 Å². The molecule has 2 rings (SSSR count). The molecule has 3 unspecified atom stereocenters. The van der Waals surface area contributed by atoms with E-state index in [0.29, 0.717) is 22.5 Å². The predicted molar refractivity (Wildman–Crippen MR) is 86.8 cm³/mol. The van der Waals surface area contributed by atoms with Gasteiger partial charge in [0.15, 0.2) is 0 Å². The molecular formula is C16H24BrFN2. The highest BCUT2D eigenvalue weighted by Gasteiger charge is 2.29. The van der Waals surface area contributed by atoms with Crippen LogP contribution in [0.5, 0.6) is 0 Å². The molecule has 1 saturated heterocycles. The lowest BCUT2D eigenvalue weighted by Crippen LogP contribution is -2.58. The first-order chi connectivity index (χ1) is 9.56. The van der Waals surface area contributed by atoms with Gasteiger partial charge >= 0.3 is 0 Å². The van der Waals surface area contributed by atoms with Gasteiger partial charge in [-0.15, -0.1) is 0 Å². The van der Waals surface area contributed by atoms with Crippen LogP contribution in [-0.4, -0.2) is 25.2 Å². The quantitative estimate of drug-likeness (QED) is 0.882. The monoisotopic (exact) mass is 342 g/mol. The average molecular weight is 343 g/mol. The fourth-order valence-electron chi connectivity index (χ4n) is 2.83. The summed E-state index contributed by atoms with van der Waals surface area (Å²) in [6.07, 6.45) is 2.27. The van der Waals surface area contributed by atoms with Crippen LogP contribution < -0.4 is 10.2 Å². The van der Waals surface area contributed by atoms with Gasteiger partial charge in [-0.25, -0.2) is 4.39 Å². The standard InChI is InChI=1S/C16H24BrFN2/c1-4-11(3)16-10-20(12(5-2)9-19-16)13-6-7-15(18)14(17)8-13/h6-8,11-12,16,19H,4-5,9-10H2,1-3H3. The molecule has 1 aliphatic heterocycles. The lowest BCUT2D eigenvalue weighted by Gasteiger charge is -2.43. The van der Waals surface area contributed by atoms with E-state index >= 15 is 0 Å². The van der Waals surface area contributed by atoms with Crippen LogP contribution in [0, 0.1) is 11.7 Å². The Morgan fingerprint density at radius 2 is 2.20 bits per heavy atom. The fourth-order valence-corrected chi connectivity index (χ4v) is 3.20. The number of halogens is 2. The molecule has 1 aliphatic rings. The Labute approximate surface area is 129 Å². The van der Waals surface area contributed by atoms with Gasteiger partial charge < -0.3 is 10.2 Å². The summed E-state index contributed by atoms with van der Waals surface area (Å²) in [4.78, 5) is 2.43. The minimum atomic E-state index is -0.199. The van der Waals surface area contributed by atoms with Crippen LogP contribution in [0.3, 0.4) is 0 Å². The molecule has 112 valence electrons. The normalized spacial score (nSPS) is 24.8. The maximum atomic E-state index is 13.4. The van der Waals surface area contributed by atoms with E-state index in [1.807, 2.05) is 12.1 Å². The van der Waals surface area contributed by atoms with Gasteiger partial charge in [0.2, 0.25) is 0 Å². The zero-order chi connectivity index (χ0) is 14.7. The summed E-state index contributed by atoms with van der Waals surface area (Å²) in [6.45, 7) is 8.73. The number of hydrogen-bond donors (Lipinski definition) is 1. The number of nitrogens with zero attached hydrogens (tertiary/aromatic N) is 1. The molecule has 0 aliphatic carbocycles. The minimum Gasteiger partial charge on any atom is -0.366 e. The summed E-state index contributed by atoms with van der Waals surface area (Å²) in [5.74, 6) is 0.453. The largest absolute Gasteiger partial charge is 0.366 e. The molecule has 1 fully saturated rings. The van der Waals surface area contributed by atoms with E-state index in [1.165, 1.54) is 6.42 Å². The van der Waals surface area contributed by atoms with Gasteiger partial charge in [0.05, 0.1) is 4.47 Å². The number of rotatable bonds is 4.